The van der Waals surface area contributed by atoms with Gasteiger partial charge in [0.1, 0.15) is 6.10 Å². The monoisotopic (exact) mass is 290 g/mol. The Kier molecular flexibility index (Phi) is 2.97. The predicted octanol–water partition coefficient (Wildman–Crippen LogP) is 3.76. The molecule has 4 bridgehead atoms. The van der Waals surface area contributed by atoms with Gasteiger partial charge in [-0.05, 0) is 62.2 Å². The molecule has 1 N–H and O–H groups in total. The minimum absolute atomic E-state index is 0.107. The maximum absolute atomic E-state index is 10.1. The highest BCUT2D eigenvalue weighted by molar-refractivity contribution is 5.18. The minimum Gasteiger partial charge on any atom is -0.385 e. The fourth-order valence-electron chi connectivity index (χ4n) is 5.96. The topological polar surface area (TPSA) is 59.2 Å². The average molecular weight is 290 g/mol. The van der Waals surface area contributed by atoms with Crippen molar-refractivity contribution >= 4 is 0 Å². The first-order valence-corrected chi connectivity index (χ1v) is 8.54. The molecule has 0 radical (unpaired) electrons. The molecule has 1 aromatic rings. The van der Waals surface area contributed by atoms with Crippen LogP contribution in [0.2, 0.25) is 0 Å². The molecule has 1 aromatic heterocycles. The van der Waals surface area contributed by atoms with E-state index in [9.17, 15) is 5.11 Å². The fraction of sp³-hybridized carbons (Fsp3) is 0.882. The maximum Gasteiger partial charge on any atom is 0.233 e. The van der Waals surface area contributed by atoms with Crippen LogP contribution in [0.15, 0.2) is 4.52 Å². The minimum atomic E-state index is -0.572. The summed E-state index contributed by atoms with van der Waals surface area (Å²) in [6.45, 7) is 4.51. The van der Waals surface area contributed by atoms with Gasteiger partial charge in [0, 0.05) is 0 Å². The van der Waals surface area contributed by atoms with E-state index in [4.69, 9.17) is 4.52 Å². The summed E-state index contributed by atoms with van der Waals surface area (Å²) in [6.07, 6.45) is 8.84. The third-order valence-corrected chi connectivity index (χ3v) is 6.11. The van der Waals surface area contributed by atoms with Gasteiger partial charge < -0.3 is 9.63 Å². The molecule has 4 aliphatic carbocycles. The van der Waals surface area contributed by atoms with Gasteiger partial charge in [-0.25, -0.2) is 0 Å². The second-order valence-corrected chi connectivity index (χ2v) is 8.31. The zero-order valence-corrected chi connectivity index (χ0v) is 13.1. The molecule has 0 amide bonds. The van der Waals surface area contributed by atoms with Crippen molar-refractivity contribution in [2.24, 2.45) is 17.3 Å². The van der Waals surface area contributed by atoms with Crippen LogP contribution in [0.25, 0.3) is 0 Å². The Bertz CT molecular complexity index is 525. The van der Waals surface area contributed by atoms with Gasteiger partial charge in [-0.15, -0.1) is 0 Å². The van der Waals surface area contributed by atoms with Crippen molar-refractivity contribution in [3.05, 3.63) is 11.7 Å². The van der Waals surface area contributed by atoms with E-state index >= 15 is 0 Å². The third kappa shape index (κ3) is 2.14. The Morgan fingerprint density at radius 3 is 2.62 bits per heavy atom. The molecule has 0 saturated heterocycles. The summed E-state index contributed by atoms with van der Waals surface area (Å²) < 4.78 is 5.64. The van der Waals surface area contributed by atoms with E-state index in [1.165, 1.54) is 38.5 Å². The molecule has 1 heterocycles. The van der Waals surface area contributed by atoms with E-state index in [0.717, 1.165) is 24.1 Å². The molecular formula is C17H26N2O2. The van der Waals surface area contributed by atoms with Gasteiger partial charge in [-0.3, -0.25) is 0 Å². The van der Waals surface area contributed by atoms with Crippen LogP contribution in [-0.2, 0) is 5.41 Å². The zero-order chi connectivity index (χ0) is 14.7. The molecule has 4 fully saturated rings. The average Bonchev–Trinajstić information content (AvgIpc) is 2.86. The number of nitrogens with zero attached hydrogens (tertiary/aromatic N) is 2. The highest BCUT2D eigenvalue weighted by Crippen LogP contribution is 2.65. The molecule has 5 rings (SSSR count). The van der Waals surface area contributed by atoms with E-state index in [2.05, 4.69) is 24.0 Å². The van der Waals surface area contributed by atoms with Crippen LogP contribution in [0.3, 0.4) is 0 Å². The highest BCUT2D eigenvalue weighted by Gasteiger charge is 2.58. The third-order valence-electron chi connectivity index (χ3n) is 6.11. The standard InChI is InChI=1S/C17H26N2O2/c1-3-4-13(20)14-18-15(21-19-14)17-8-11-5-12(9-17)7-16(2,6-11)10-17/h11-13,20H,3-10H2,1-2H3. The second-order valence-electron chi connectivity index (χ2n) is 8.31. The van der Waals surface area contributed by atoms with Gasteiger partial charge in [0.25, 0.3) is 0 Å². The van der Waals surface area contributed by atoms with Crippen molar-refractivity contribution in [2.45, 2.75) is 76.7 Å². The molecule has 4 nitrogen and oxygen atoms in total. The highest BCUT2D eigenvalue weighted by atomic mass is 16.5. The van der Waals surface area contributed by atoms with Gasteiger partial charge in [0.15, 0.2) is 5.82 Å². The first-order chi connectivity index (χ1) is 10.0. The van der Waals surface area contributed by atoms with E-state index in [0.29, 0.717) is 17.7 Å². The van der Waals surface area contributed by atoms with Crippen molar-refractivity contribution < 1.29 is 9.63 Å². The summed E-state index contributed by atoms with van der Waals surface area (Å²) in [5.41, 5.74) is 0.580. The lowest BCUT2D eigenvalue weighted by molar-refractivity contribution is -0.0724. The van der Waals surface area contributed by atoms with Crippen molar-refractivity contribution in [2.75, 3.05) is 0 Å². The largest absolute Gasteiger partial charge is 0.385 e. The molecule has 21 heavy (non-hydrogen) atoms. The fourth-order valence-corrected chi connectivity index (χ4v) is 5.96. The smallest absolute Gasteiger partial charge is 0.233 e. The Morgan fingerprint density at radius 2 is 2.00 bits per heavy atom. The number of hydrogen-bond acceptors (Lipinski definition) is 4. The lowest BCUT2D eigenvalue weighted by atomic mass is 9.44. The van der Waals surface area contributed by atoms with Crippen molar-refractivity contribution in [3.8, 4) is 0 Å². The lowest BCUT2D eigenvalue weighted by Crippen LogP contribution is -2.53. The van der Waals surface area contributed by atoms with Gasteiger partial charge in [0.05, 0.1) is 5.41 Å². The van der Waals surface area contributed by atoms with Crippen molar-refractivity contribution in [1.29, 1.82) is 0 Å². The van der Waals surface area contributed by atoms with Crippen LogP contribution in [0.4, 0.5) is 0 Å². The number of aliphatic hydroxyl groups is 1. The summed E-state index contributed by atoms with van der Waals surface area (Å²) in [5, 5.41) is 14.2. The Hall–Kier alpha value is -0.900. The van der Waals surface area contributed by atoms with Crippen LogP contribution in [0, 0.1) is 17.3 Å². The molecule has 3 atom stereocenters. The van der Waals surface area contributed by atoms with Crippen LogP contribution >= 0.6 is 0 Å². The van der Waals surface area contributed by atoms with Gasteiger partial charge in [0.2, 0.25) is 5.89 Å². The summed E-state index contributed by atoms with van der Waals surface area (Å²) in [5.74, 6) is 2.99. The maximum atomic E-state index is 10.1. The van der Waals surface area contributed by atoms with E-state index in [1.54, 1.807) is 0 Å². The summed E-state index contributed by atoms with van der Waals surface area (Å²) in [7, 11) is 0. The number of hydrogen-bond donors (Lipinski definition) is 1. The van der Waals surface area contributed by atoms with Crippen molar-refractivity contribution in [3.63, 3.8) is 0 Å². The molecule has 0 aliphatic heterocycles. The molecule has 4 saturated carbocycles. The zero-order valence-electron chi connectivity index (χ0n) is 13.1. The van der Waals surface area contributed by atoms with Crippen LogP contribution in [0.1, 0.15) is 83.0 Å². The molecule has 4 aliphatic rings. The summed E-state index contributed by atoms with van der Waals surface area (Å²) in [6, 6.07) is 0. The van der Waals surface area contributed by atoms with Crippen LogP contribution in [0.5, 0.6) is 0 Å². The molecule has 116 valence electrons. The summed E-state index contributed by atoms with van der Waals surface area (Å²) in [4.78, 5) is 4.62. The Morgan fingerprint density at radius 1 is 1.29 bits per heavy atom. The SMILES string of the molecule is CCCC(O)c1noc(C23CC4CC(CC(C)(C4)C2)C3)n1. The van der Waals surface area contributed by atoms with Crippen LogP contribution in [-0.4, -0.2) is 15.2 Å². The first kappa shape index (κ1) is 13.7. The Labute approximate surface area is 126 Å². The normalized spacial score (nSPS) is 42.4. The van der Waals surface area contributed by atoms with E-state index < -0.39 is 6.10 Å². The van der Waals surface area contributed by atoms with Crippen LogP contribution < -0.4 is 0 Å². The quantitative estimate of drug-likeness (QED) is 0.917. The Balaban J connectivity index is 1.64. The van der Waals surface area contributed by atoms with E-state index in [-0.39, 0.29) is 5.41 Å². The number of aromatic nitrogens is 2. The van der Waals surface area contributed by atoms with Gasteiger partial charge in [-0.2, -0.15) is 4.98 Å². The van der Waals surface area contributed by atoms with Gasteiger partial charge in [-0.1, -0.05) is 25.4 Å². The van der Waals surface area contributed by atoms with Gasteiger partial charge >= 0.3 is 0 Å². The molecule has 0 aromatic carbocycles. The number of aliphatic hydroxyl groups excluding tert-OH is 1. The molecule has 4 heteroatoms. The van der Waals surface area contributed by atoms with E-state index in [1.807, 2.05) is 0 Å². The molecule has 0 spiro atoms. The lowest BCUT2D eigenvalue weighted by Gasteiger charge is -2.59. The number of rotatable bonds is 4. The second kappa shape index (κ2) is 4.55. The predicted molar refractivity (Wildman–Crippen MR) is 78.6 cm³/mol. The van der Waals surface area contributed by atoms with Crippen molar-refractivity contribution in [1.82, 2.24) is 10.1 Å². The first-order valence-electron chi connectivity index (χ1n) is 8.54. The summed E-state index contributed by atoms with van der Waals surface area (Å²) >= 11 is 0. The molecular weight excluding hydrogens is 264 g/mol. The molecule has 3 unspecified atom stereocenters.